The maximum absolute atomic E-state index is 12.2. The molecule has 7 heteroatoms. The molecule has 102 valence electrons. The molecule has 0 aliphatic heterocycles. The van der Waals surface area contributed by atoms with E-state index >= 15 is 0 Å². The van der Waals surface area contributed by atoms with Gasteiger partial charge in [-0.3, -0.25) is 4.79 Å². The Bertz CT molecular complexity index is 460. The molecule has 1 atom stereocenters. The number of rotatable bonds is 6. The van der Waals surface area contributed by atoms with Crippen molar-refractivity contribution < 1.29 is 39.3 Å². The van der Waals surface area contributed by atoms with Crippen LogP contribution in [0.1, 0.15) is 18.7 Å². The molecule has 0 aliphatic rings. The first-order chi connectivity index (χ1) is 8.60. The maximum atomic E-state index is 12.2. The molecule has 1 aromatic carbocycles. The van der Waals surface area contributed by atoms with Crippen molar-refractivity contribution in [1.82, 2.24) is 0 Å². The van der Waals surface area contributed by atoms with Crippen LogP contribution in [0.3, 0.4) is 0 Å². The van der Waals surface area contributed by atoms with Crippen LogP contribution in [-0.2, 0) is 0 Å². The Labute approximate surface area is 137 Å². The molecule has 4 nitrogen and oxygen atoms in total. The van der Waals surface area contributed by atoms with Crippen LogP contribution in [0.5, 0.6) is 17.2 Å². The van der Waals surface area contributed by atoms with Crippen LogP contribution in [0.4, 0.5) is 0 Å². The number of hydrogen-bond donors (Lipinski definition) is 0. The Morgan fingerprint density at radius 2 is 1.84 bits per heavy atom. The second-order valence-electron chi connectivity index (χ2n) is 3.36. The van der Waals surface area contributed by atoms with Gasteiger partial charge in [-0.15, -0.1) is 0 Å². The topological polar surface area (TPSA) is 44.8 Å². The van der Waals surface area contributed by atoms with Crippen LogP contribution in [0.25, 0.3) is 0 Å². The van der Waals surface area contributed by atoms with Gasteiger partial charge < -0.3 is 15.6 Å². The van der Waals surface area contributed by atoms with E-state index in [9.17, 15) is 4.79 Å². The van der Waals surface area contributed by atoms with Gasteiger partial charge in [0.2, 0.25) is 0 Å². The number of ether oxygens (including phenoxy) is 3. The van der Waals surface area contributed by atoms with E-state index in [1.165, 1.54) is 21.3 Å². The minimum absolute atomic E-state index is 0. The third kappa shape index (κ3) is 4.13. The minimum Gasteiger partial charge on any atom is -1.00 e. The molecular formula is C12H17BrLiO4P. The van der Waals surface area contributed by atoms with Crippen molar-refractivity contribution in [2.45, 2.75) is 6.92 Å². The van der Waals surface area contributed by atoms with E-state index in [0.717, 1.165) is 6.16 Å². The van der Waals surface area contributed by atoms with Crippen LogP contribution in [0.15, 0.2) is 10.5 Å². The van der Waals surface area contributed by atoms with E-state index in [1.54, 1.807) is 6.07 Å². The summed E-state index contributed by atoms with van der Waals surface area (Å²) in [6.45, 7) is 1.96. The average molecular weight is 343 g/mol. The quantitative estimate of drug-likeness (QED) is 0.555. The zero-order valence-corrected chi connectivity index (χ0v) is 14.4. The summed E-state index contributed by atoms with van der Waals surface area (Å²) in [6, 6.07) is 1.73. The van der Waals surface area contributed by atoms with Crippen molar-refractivity contribution in [3.05, 3.63) is 16.1 Å². The standard InChI is InChI=1S/C12H16BrO4P.Li.H/c1-5-18-12(14)9-10(16-3)7(13)6-8(15-2)11(9)17-4;;/h6,18H,5H2,1-4H3;;/q;+1;-1. The van der Waals surface area contributed by atoms with Crippen molar-refractivity contribution in [1.29, 1.82) is 0 Å². The van der Waals surface area contributed by atoms with Gasteiger partial charge in [-0.05, 0) is 30.7 Å². The van der Waals surface area contributed by atoms with Crippen molar-refractivity contribution >= 4 is 30.0 Å². The van der Waals surface area contributed by atoms with Gasteiger partial charge in [0.25, 0.3) is 0 Å². The molecule has 0 radical (unpaired) electrons. The maximum Gasteiger partial charge on any atom is 1.00 e. The van der Waals surface area contributed by atoms with E-state index in [4.69, 9.17) is 14.2 Å². The number of carbonyl (C=O) groups is 1. The van der Waals surface area contributed by atoms with Gasteiger partial charge >= 0.3 is 18.9 Å². The van der Waals surface area contributed by atoms with Crippen molar-refractivity contribution in [2.24, 2.45) is 0 Å². The van der Waals surface area contributed by atoms with Crippen molar-refractivity contribution in [3.8, 4) is 17.2 Å². The third-order valence-electron chi connectivity index (χ3n) is 2.35. The molecule has 0 aromatic heterocycles. The molecule has 1 aromatic rings. The van der Waals surface area contributed by atoms with Crippen LogP contribution in [0.2, 0.25) is 0 Å². The fourth-order valence-corrected chi connectivity index (χ4v) is 2.89. The van der Waals surface area contributed by atoms with E-state index in [1.807, 2.05) is 6.92 Å². The Balaban J connectivity index is 0. The average Bonchev–Trinajstić information content (AvgIpc) is 2.37. The second kappa shape index (κ2) is 8.87. The molecule has 0 N–H and O–H groups in total. The van der Waals surface area contributed by atoms with Gasteiger partial charge in [0.1, 0.15) is 11.3 Å². The first kappa shape index (κ1) is 18.8. The number of methoxy groups -OCH3 is 3. The zero-order chi connectivity index (χ0) is 13.7. The number of hydrogen-bond acceptors (Lipinski definition) is 4. The van der Waals surface area contributed by atoms with Crippen molar-refractivity contribution in [2.75, 3.05) is 27.5 Å². The Kier molecular flexibility index (Phi) is 8.77. The first-order valence-corrected chi connectivity index (χ1v) is 7.37. The minimum atomic E-state index is 0. The van der Waals surface area contributed by atoms with E-state index < -0.39 is 0 Å². The van der Waals surface area contributed by atoms with Crippen LogP contribution in [0, 0.1) is 0 Å². The molecule has 0 saturated heterocycles. The molecule has 1 unspecified atom stereocenters. The van der Waals surface area contributed by atoms with Crippen LogP contribution >= 0.6 is 24.5 Å². The largest absolute Gasteiger partial charge is 1.00 e. The molecule has 0 fully saturated rings. The number of benzene rings is 1. The Hall–Kier alpha value is -0.203. The summed E-state index contributed by atoms with van der Waals surface area (Å²) in [5.41, 5.74) is 0.442. The Morgan fingerprint density at radius 1 is 1.26 bits per heavy atom. The predicted molar refractivity (Wildman–Crippen MR) is 78.1 cm³/mol. The summed E-state index contributed by atoms with van der Waals surface area (Å²) in [7, 11) is 4.76. The summed E-state index contributed by atoms with van der Waals surface area (Å²) < 4.78 is 16.5. The van der Waals surface area contributed by atoms with E-state index in [-0.39, 0.29) is 34.4 Å². The summed E-state index contributed by atoms with van der Waals surface area (Å²) >= 11 is 3.37. The SMILES string of the molecule is CCPC(=O)c1c(OC)c(Br)cc(OC)c1OC.[H-].[Li+]. The molecule has 0 aliphatic carbocycles. The Morgan fingerprint density at radius 3 is 2.26 bits per heavy atom. The molecule has 0 amide bonds. The van der Waals surface area contributed by atoms with Crippen molar-refractivity contribution in [3.63, 3.8) is 0 Å². The summed E-state index contributed by atoms with van der Waals surface area (Å²) in [6.07, 6.45) is 0.792. The normalized spacial score (nSPS) is 10.2. The fraction of sp³-hybridized carbons (Fsp3) is 0.417. The van der Waals surface area contributed by atoms with Gasteiger partial charge in [-0.25, -0.2) is 0 Å². The van der Waals surface area contributed by atoms with Gasteiger partial charge in [0.05, 0.1) is 25.8 Å². The predicted octanol–water partition coefficient (Wildman–Crippen LogP) is 0.430. The molecule has 19 heavy (non-hydrogen) atoms. The van der Waals surface area contributed by atoms with Gasteiger partial charge in [-0.2, -0.15) is 0 Å². The number of halogens is 1. The fourth-order valence-electron chi connectivity index (χ4n) is 1.60. The third-order valence-corrected chi connectivity index (χ3v) is 3.86. The molecule has 0 saturated carbocycles. The van der Waals surface area contributed by atoms with Crippen LogP contribution < -0.4 is 33.1 Å². The molecule has 0 bridgehead atoms. The van der Waals surface area contributed by atoms with E-state index in [2.05, 4.69) is 15.9 Å². The summed E-state index contributed by atoms with van der Waals surface area (Å²) in [4.78, 5) is 12.2. The van der Waals surface area contributed by atoms with Gasteiger partial charge in [-0.1, -0.05) is 6.92 Å². The van der Waals surface area contributed by atoms with Crippen LogP contribution in [-0.4, -0.2) is 33.0 Å². The van der Waals surface area contributed by atoms with Gasteiger partial charge in [0.15, 0.2) is 17.0 Å². The first-order valence-electron chi connectivity index (χ1n) is 5.37. The monoisotopic (exact) mass is 342 g/mol. The second-order valence-corrected chi connectivity index (χ2v) is 5.73. The summed E-state index contributed by atoms with van der Waals surface area (Å²) in [5.74, 6) is 1.41. The molecular weight excluding hydrogens is 326 g/mol. The van der Waals surface area contributed by atoms with E-state index in [0.29, 0.717) is 27.3 Å². The smallest absolute Gasteiger partial charge is 1.00 e. The molecule has 0 spiro atoms. The number of carbonyl (C=O) groups excluding carboxylic acids is 1. The zero-order valence-electron chi connectivity index (χ0n) is 12.8. The summed E-state index contributed by atoms with van der Waals surface area (Å²) in [5, 5.41) is 0. The van der Waals surface area contributed by atoms with Gasteiger partial charge in [0, 0.05) is 6.07 Å². The molecule has 0 heterocycles. The molecule has 1 rings (SSSR count).